The number of hydrogen-bond acceptors (Lipinski definition) is 5. The van der Waals surface area contributed by atoms with E-state index in [2.05, 4.69) is 48.5 Å². The number of aromatic nitrogens is 2. The quantitative estimate of drug-likeness (QED) is 0.872. The fourth-order valence-corrected chi connectivity index (χ4v) is 2.96. The molecule has 2 N–H and O–H groups in total. The minimum atomic E-state index is -0.0239. The van der Waals surface area contributed by atoms with Crippen LogP contribution in [0.5, 0.6) is 0 Å². The molecule has 0 unspecified atom stereocenters. The minimum Gasteiger partial charge on any atom is -0.314 e. The lowest BCUT2D eigenvalue weighted by Crippen LogP contribution is -2.40. The van der Waals surface area contributed by atoms with E-state index >= 15 is 0 Å². The average Bonchev–Trinajstić information content (AvgIpc) is 2.77. The third-order valence-corrected chi connectivity index (χ3v) is 4.56. The maximum Gasteiger partial charge on any atom is 0.229 e. The summed E-state index contributed by atoms with van der Waals surface area (Å²) in [5.41, 5.74) is -0.0239. The van der Waals surface area contributed by atoms with E-state index < -0.39 is 0 Å². The van der Waals surface area contributed by atoms with E-state index in [1.165, 1.54) is 11.3 Å². The fraction of sp³-hybridized carbons (Fsp3) is 0.769. The molecule has 1 fully saturated rings. The zero-order chi connectivity index (χ0) is 14.0. The molecule has 1 aliphatic heterocycles. The molecule has 2 heterocycles. The summed E-state index contributed by atoms with van der Waals surface area (Å²) in [7, 11) is 0. The highest BCUT2D eigenvalue weighted by molar-refractivity contribution is 7.15. The molecule has 5 nitrogen and oxygen atoms in total. The van der Waals surface area contributed by atoms with Crippen LogP contribution in [0.1, 0.15) is 45.5 Å². The Morgan fingerprint density at radius 2 is 2.16 bits per heavy atom. The number of hydrogen-bond donors (Lipinski definition) is 2. The monoisotopic (exact) mass is 282 g/mol. The number of carbonyl (C=O) groups excluding carboxylic acids is 1. The maximum absolute atomic E-state index is 12.2. The van der Waals surface area contributed by atoms with Crippen molar-refractivity contribution in [3.8, 4) is 0 Å². The van der Waals surface area contributed by atoms with Crippen LogP contribution in [0.2, 0.25) is 0 Å². The van der Waals surface area contributed by atoms with Gasteiger partial charge in [0.05, 0.1) is 0 Å². The molecule has 0 bridgehead atoms. The summed E-state index contributed by atoms with van der Waals surface area (Å²) in [6, 6.07) is 0.407. The molecule has 1 aliphatic rings. The molecule has 106 valence electrons. The molecule has 6 heteroatoms. The average molecular weight is 282 g/mol. The topological polar surface area (TPSA) is 66.9 Å². The Morgan fingerprint density at radius 3 is 2.74 bits per heavy atom. The predicted molar refractivity (Wildman–Crippen MR) is 77.4 cm³/mol. The molecule has 0 radical (unpaired) electrons. The third kappa shape index (κ3) is 3.73. The lowest BCUT2D eigenvalue weighted by atomic mass is 9.93. The number of amides is 1. The van der Waals surface area contributed by atoms with Gasteiger partial charge >= 0.3 is 0 Å². The molecule has 0 aliphatic carbocycles. The Labute approximate surface area is 118 Å². The van der Waals surface area contributed by atoms with Gasteiger partial charge < -0.3 is 10.6 Å². The molecular formula is C13H22N4OS. The SMILES string of the molecule is C[C@H]1C[C@@H](C(=O)Nc2nnc(C(C)(C)C)s2)CCN1. The second-order valence-corrected chi connectivity index (χ2v) is 7.21. The Morgan fingerprint density at radius 1 is 1.42 bits per heavy atom. The zero-order valence-electron chi connectivity index (χ0n) is 12.0. The van der Waals surface area contributed by atoms with Gasteiger partial charge in [0, 0.05) is 17.4 Å². The summed E-state index contributed by atoms with van der Waals surface area (Å²) in [5.74, 6) is 0.156. The standard InChI is InChI=1S/C13H22N4OS/c1-8-7-9(5-6-14-8)10(18)15-12-17-16-11(19-12)13(2,3)4/h8-9,14H,5-7H2,1-4H3,(H,15,17,18)/t8-,9-/m0/s1. The lowest BCUT2D eigenvalue weighted by Gasteiger charge is -2.26. The molecule has 1 aromatic heterocycles. The summed E-state index contributed by atoms with van der Waals surface area (Å²) >= 11 is 1.46. The van der Waals surface area contributed by atoms with Gasteiger partial charge in [-0.25, -0.2) is 0 Å². The Balaban J connectivity index is 1.97. The van der Waals surface area contributed by atoms with E-state index in [-0.39, 0.29) is 17.2 Å². The summed E-state index contributed by atoms with van der Waals surface area (Å²) in [5, 5.41) is 16.0. The van der Waals surface area contributed by atoms with Gasteiger partial charge in [0.1, 0.15) is 5.01 Å². The largest absolute Gasteiger partial charge is 0.314 e. The molecule has 0 saturated carbocycles. The summed E-state index contributed by atoms with van der Waals surface area (Å²) < 4.78 is 0. The van der Waals surface area contributed by atoms with Crippen molar-refractivity contribution in [2.75, 3.05) is 11.9 Å². The van der Waals surface area contributed by atoms with Crippen molar-refractivity contribution < 1.29 is 4.79 Å². The van der Waals surface area contributed by atoms with Gasteiger partial charge in [-0.1, -0.05) is 32.1 Å². The van der Waals surface area contributed by atoms with Gasteiger partial charge in [-0.3, -0.25) is 4.79 Å². The number of nitrogens with one attached hydrogen (secondary N) is 2. The van der Waals surface area contributed by atoms with Crippen LogP contribution >= 0.6 is 11.3 Å². The molecule has 1 amide bonds. The van der Waals surface area contributed by atoms with E-state index in [0.29, 0.717) is 11.2 Å². The second-order valence-electron chi connectivity index (χ2n) is 6.23. The van der Waals surface area contributed by atoms with Crippen molar-refractivity contribution in [2.45, 2.75) is 52.0 Å². The first-order chi connectivity index (χ1) is 8.86. The molecule has 2 atom stereocenters. The highest BCUT2D eigenvalue weighted by Gasteiger charge is 2.26. The van der Waals surface area contributed by atoms with Gasteiger partial charge in [0.2, 0.25) is 11.0 Å². The maximum atomic E-state index is 12.2. The Hall–Kier alpha value is -1.01. The van der Waals surface area contributed by atoms with Crippen molar-refractivity contribution in [3.05, 3.63) is 5.01 Å². The number of piperidine rings is 1. The van der Waals surface area contributed by atoms with E-state index in [4.69, 9.17) is 0 Å². The van der Waals surface area contributed by atoms with Crippen molar-refractivity contribution >= 4 is 22.4 Å². The normalized spacial score (nSPS) is 24.2. The van der Waals surface area contributed by atoms with Crippen molar-refractivity contribution in [2.24, 2.45) is 5.92 Å². The first-order valence-electron chi connectivity index (χ1n) is 6.74. The lowest BCUT2D eigenvalue weighted by molar-refractivity contribution is -0.120. The third-order valence-electron chi connectivity index (χ3n) is 3.29. The van der Waals surface area contributed by atoms with Crippen molar-refractivity contribution in [1.29, 1.82) is 0 Å². The van der Waals surface area contributed by atoms with Crippen LogP contribution in [-0.4, -0.2) is 28.7 Å². The summed E-state index contributed by atoms with van der Waals surface area (Å²) in [6.07, 6.45) is 1.78. The summed E-state index contributed by atoms with van der Waals surface area (Å²) in [6.45, 7) is 9.29. The predicted octanol–water partition coefficient (Wildman–Crippen LogP) is 2.16. The highest BCUT2D eigenvalue weighted by Crippen LogP contribution is 2.28. The molecule has 1 saturated heterocycles. The smallest absolute Gasteiger partial charge is 0.229 e. The van der Waals surface area contributed by atoms with Gasteiger partial charge in [0.25, 0.3) is 0 Å². The van der Waals surface area contributed by atoms with Gasteiger partial charge in [-0.15, -0.1) is 10.2 Å². The van der Waals surface area contributed by atoms with E-state index in [9.17, 15) is 4.79 Å². The fourth-order valence-electron chi connectivity index (χ4n) is 2.15. The van der Waals surface area contributed by atoms with Gasteiger partial charge in [-0.2, -0.15) is 0 Å². The number of rotatable bonds is 2. The molecule has 19 heavy (non-hydrogen) atoms. The van der Waals surface area contributed by atoms with E-state index in [1.807, 2.05) is 0 Å². The van der Waals surface area contributed by atoms with Crippen LogP contribution in [0, 0.1) is 5.92 Å². The van der Waals surface area contributed by atoms with Crippen LogP contribution in [-0.2, 0) is 10.2 Å². The zero-order valence-corrected chi connectivity index (χ0v) is 12.8. The number of anilines is 1. The van der Waals surface area contributed by atoms with Crippen LogP contribution in [0.15, 0.2) is 0 Å². The number of carbonyl (C=O) groups is 1. The van der Waals surface area contributed by atoms with Crippen molar-refractivity contribution in [3.63, 3.8) is 0 Å². The van der Waals surface area contributed by atoms with Gasteiger partial charge in [-0.05, 0) is 26.3 Å². The first-order valence-corrected chi connectivity index (χ1v) is 7.56. The minimum absolute atomic E-state index is 0.0239. The number of nitrogens with zero attached hydrogens (tertiary/aromatic N) is 2. The molecular weight excluding hydrogens is 260 g/mol. The van der Waals surface area contributed by atoms with E-state index in [0.717, 1.165) is 24.4 Å². The molecule has 1 aromatic rings. The Kier molecular flexibility index (Phi) is 4.20. The molecule has 0 aromatic carbocycles. The second kappa shape index (κ2) is 5.54. The van der Waals surface area contributed by atoms with Gasteiger partial charge in [0.15, 0.2) is 0 Å². The van der Waals surface area contributed by atoms with Crippen LogP contribution in [0.25, 0.3) is 0 Å². The Bertz CT molecular complexity index is 452. The summed E-state index contributed by atoms with van der Waals surface area (Å²) in [4.78, 5) is 12.2. The van der Waals surface area contributed by atoms with Crippen molar-refractivity contribution in [1.82, 2.24) is 15.5 Å². The van der Waals surface area contributed by atoms with Crippen LogP contribution in [0.3, 0.4) is 0 Å². The van der Waals surface area contributed by atoms with Crippen LogP contribution < -0.4 is 10.6 Å². The first kappa shape index (κ1) is 14.4. The molecule has 0 spiro atoms. The highest BCUT2D eigenvalue weighted by atomic mass is 32.1. The van der Waals surface area contributed by atoms with Crippen LogP contribution in [0.4, 0.5) is 5.13 Å². The molecule has 2 rings (SSSR count). The van der Waals surface area contributed by atoms with E-state index in [1.54, 1.807) is 0 Å².